The van der Waals surface area contributed by atoms with Crippen LogP contribution in [-0.2, 0) is 9.53 Å². The first kappa shape index (κ1) is 20.8. The first-order valence-corrected chi connectivity index (χ1v) is 8.60. The Labute approximate surface area is 163 Å². The van der Waals surface area contributed by atoms with Crippen molar-refractivity contribution in [1.82, 2.24) is 0 Å². The number of fused-ring (bicyclic) bond motifs is 1. The fourth-order valence-corrected chi connectivity index (χ4v) is 3.14. The van der Waals surface area contributed by atoms with Gasteiger partial charge in [0.05, 0.1) is 24.5 Å². The third kappa shape index (κ3) is 3.81. The summed E-state index contributed by atoms with van der Waals surface area (Å²) >= 11 is 0. The second-order valence-electron chi connectivity index (χ2n) is 6.62. The number of alkyl halides is 5. The summed E-state index contributed by atoms with van der Waals surface area (Å²) in [5.74, 6) is -8.60. The largest absolute Gasteiger partial charge is 0.468 e. The quantitative estimate of drug-likeness (QED) is 0.556. The molecule has 1 aliphatic heterocycles. The lowest BCUT2D eigenvalue weighted by Crippen LogP contribution is -2.51. The molecule has 2 aromatic carbocycles. The summed E-state index contributed by atoms with van der Waals surface area (Å²) in [6.07, 6.45) is -5.94. The average molecular weight is 412 g/mol. The summed E-state index contributed by atoms with van der Waals surface area (Å²) in [4.78, 5) is 16.1. The zero-order valence-corrected chi connectivity index (χ0v) is 15.4. The molecule has 0 spiro atoms. The number of methoxy groups -OCH3 is 1. The van der Waals surface area contributed by atoms with Gasteiger partial charge in [0.25, 0.3) is 0 Å². The molecular formula is C20H17F5N2O2. The number of aliphatic imine (C=N–C) groups is 1. The maximum atomic E-state index is 14.5. The molecular weight excluding hydrogens is 395 g/mol. The standard InChI is InChI=1S/C20H17F5N2O2/c1-11-7-9-12(10-8-11)16-15(18(28)29-2)17(19(21,22)20(23,24)25)27-14-6-4-3-5-13(14)26-16/h3-10,15-16,26H,1-2H3/t15-,16+/m1/s1. The Morgan fingerprint density at radius 2 is 1.66 bits per heavy atom. The molecule has 0 amide bonds. The lowest BCUT2D eigenvalue weighted by atomic mass is 9.85. The summed E-state index contributed by atoms with van der Waals surface area (Å²) < 4.78 is 73.3. The van der Waals surface area contributed by atoms with Crippen LogP contribution in [0.5, 0.6) is 0 Å². The van der Waals surface area contributed by atoms with Crippen LogP contribution in [0.4, 0.5) is 33.3 Å². The van der Waals surface area contributed by atoms with Crippen molar-refractivity contribution in [3.8, 4) is 0 Å². The number of anilines is 1. The summed E-state index contributed by atoms with van der Waals surface area (Å²) in [5.41, 5.74) is -0.324. The molecule has 0 aromatic heterocycles. The van der Waals surface area contributed by atoms with Gasteiger partial charge in [-0.1, -0.05) is 42.0 Å². The van der Waals surface area contributed by atoms with E-state index in [4.69, 9.17) is 0 Å². The fraction of sp³-hybridized carbons (Fsp3) is 0.300. The molecule has 0 aliphatic carbocycles. The average Bonchev–Trinajstić information content (AvgIpc) is 2.84. The Morgan fingerprint density at radius 1 is 1.03 bits per heavy atom. The monoisotopic (exact) mass is 412 g/mol. The molecule has 4 nitrogen and oxygen atoms in total. The van der Waals surface area contributed by atoms with Crippen LogP contribution in [0.2, 0.25) is 0 Å². The number of esters is 1. The summed E-state index contributed by atoms with van der Waals surface area (Å²) in [6, 6.07) is 11.0. The second-order valence-corrected chi connectivity index (χ2v) is 6.62. The number of benzene rings is 2. The van der Waals surface area contributed by atoms with E-state index in [0.717, 1.165) is 12.7 Å². The van der Waals surface area contributed by atoms with Gasteiger partial charge in [-0.15, -0.1) is 0 Å². The van der Waals surface area contributed by atoms with Crippen molar-refractivity contribution in [1.29, 1.82) is 0 Å². The van der Waals surface area contributed by atoms with E-state index in [1.54, 1.807) is 37.3 Å². The molecule has 0 bridgehead atoms. The highest BCUT2D eigenvalue weighted by Gasteiger charge is 2.65. The van der Waals surface area contributed by atoms with Crippen molar-refractivity contribution in [2.75, 3.05) is 12.4 Å². The van der Waals surface area contributed by atoms with Crippen molar-refractivity contribution < 1.29 is 31.5 Å². The normalized spacial score (nSPS) is 19.5. The van der Waals surface area contributed by atoms with Gasteiger partial charge in [-0.3, -0.25) is 4.79 Å². The molecule has 2 aromatic rings. The molecule has 3 rings (SSSR count). The topological polar surface area (TPSA) is 50.7 Å². The van der Waals surface area contributed by atoms with Gasteiger partial charge in [-0.2, -0.15) is 22.0 Å². The maximum absolute atomic E-state index is 14.5. The fourth-order valence-electron chi connectivity index (χ4n) is 3.14. The van der Waals surface area contributed by atoms with Crippen molar-refractivity contribution in [2.24, 2.45) is 10.9 Å². The van der Waals surface area contributed by atoms with Gasteiger partial charge in [-0.05, 0) is 24.6 Å². The molecule has 0 unspecified atom stereocenters. The van der Waals surface area contributed by atoms with Crippen LogP contribution in [0.15, 0.2) is 53.5 Å². The summed E-state index contributed by atoms with van der Waals surface area (Å²) in [7, 11) is 0.927. The zero-order valence-electron chi connectivity index (χ0n) is 15.4. The Morgan fingerprint density at radius 3 is 2.24 bits per heavy atom. The molecule has 1 N–H and O–H groups in total. The maximum Gasteiger partial charge on any atom is 0.459 e. The van der Waals surface area contributed by atoms with Crippen LogP contribution in [0.25, 0.3) is 0 Å². The molecule has 0 fully saturated rings. The van der Waals surface area contributed by atoms with Crippen LogP contribution in [0.3, 0.4) is 0 Å². The number of para-hydroxylation sites is 2. The van der Waals surface area contributed by atoms with Crippen LogP contribution in [-0.4, -0.2) is 30.9 Å². The highest BCUT2D eigenvalue weighted by atomic mass is 19.4. The van der Waals surface area contributed by atoms with E-state index in [1.807, 2.05) is 0 Å². The zero-order chi connectivity index (χ0) is 21.4. The van der Waals surface area contributed by atoms with E-state index in [9.17, 15) is 26.7 Å². The van der Waals surface area contributed by atoms with Crippen LogP contribution in [0, 0.1) is 12.8 Å². The van der Waals surface area contributed by atoms with E-state index in [-0.39, 0.29) is 11.4 Å². The van der Waals surface area contributed by atoms with E-state index >= 15 is 0 Å². The molecule has 1 heterocycles. The van der Waals surface area contributed by atoms with Crippen molar-refractivity contribution in [3.63, 3.8) is 0 Å². The summed E-state index contributed by atoms with van der Waals surface area (Å²) in [5, 5.41) is 2.90. The molecule has 0 saturated heterocycles. The van der Waals surface area contributed by atoms with E-state index < -0.39 is 35.7 Å². The van der Waals surface area contributed by atoms with Gasteiger partial charge < -0.3 is 10.1 Å². The van der Waals surface area contributed by atoms with Gasteiger partial charge in [0.2, 0.25) is 0 Å². The van der Waals surface area contributed by atoms with Crippen molar-refractivity contribution in [2.45, 2.75) is 25.1 Å². The number of carbonyl (C=O) groups is 1. The molecule has 0 saturated carbocycles. The van der Waals surface area contributed by atoms with Gasteiger partial charge in [0.1, 0.15) is 11.6 Å². The number of ether oxygens (including phenoxy) is 1. The van der Waals surface area contributed by atoms with Crippen LogP contribution in [0.1, 0.15) is 17.2 Å². The smallest absolute Gasteiger partial charge is 0.459 e. The predicted octanol–water partition coefficient (Wildman–Crippen LogP) is 5.22. The number of carbonyl (C=O) groups excluding carboxylic acids is 1. The summed E-state index contributed by atoms with van der Waals surface area (Å²) in [6.45, 7) is 1.79. The first-order chi connectivity index (χ1) is 13.6. The number of nitrogens with zero attached hydrogens (tertiary/aromatic N) is 1. The molecule has 29 heavy (non-hydrogen) atoms. The van der Waals surface area contributed by atoms with Gasteiger partial charge in [0, 0.05) is 0 Å². The molecule has 2 atom stereocenters. The molecule has 0 radical (unpaired) electrons. The van der Waals surface area contributed by atoms with E-state index in [2.05, 4.69) is 15.0 Å². The highest BCUT2D eigenvalue weighted by molar-refractivity contribution is 6.09. The van der Waals surface area contributed by atoms with Crippen molar-refractivity contribution in [3.05, 3.63) is 59.7 Å². The minimum atomic E-state index is -5.94. The van der Waals surface area contributed by atoms with E-state index in [1.165, 1.54) is 18.2 Å². The lowest BCUT2D eigenvalue weighted by molar-refractivity contribution is -0.250. The number of aryl methyl sites for hydroxylation is 1. The van der Waals surface area contributed by atoms with Gasteiger partial charge in [0.15, 0.2) is 0 Å². The molecule has 154 valence electrons. The van der Waals surface area contributed by atoms with Crippen molar-refractivity contribution >= 4 is 23.1 Å². The Balaban J connectivity index is 2.28. The minimum Gasteiger partial charge on any atom is -0.468 e. The SMILES string of the molecule is COC(=O)[C@H]1C(C(F)(F)C(F)(F)F)=Nc2ccccc2N[C@H]1c1ccc(C)cc1. The Kier molecular flexibility index (Phi) is 5.34. The first-order valence-electron chi connectivity index (χ1n) is 8.60. The third-order valence-electron chi connectivity index (χ3n) is 4.65. The minimum absolute atomic E-state index is 0.130. The van der Waals surface area contributed by atoms with E-state index in [0.29, 0.717) is 5.56 Å². The van der Waals surface area contributed by atoms with Crippen LogP contribution < -0.4 is 5.32 Å². The highest BCUT2D eigenvalue weighted by Crippen LogP contribution is 2.46. The molecule has 1 aliphatic rings. The second kappa shape index (κ2) is 7.46. The van der Waals surface area contributed by atoms with Gasteiger partial charge in [-0.25, -0.2) is 4.99 Å². The Hall–Kier alpha value is -2.97. The molecule has 9 heteroatoms. The predicted molar refractivity (Wildman–Crippen MR) is 97.6 cm³/mol. The third-order valence-corrected chi connectivity index (χ3v) is 4.65. The lowest BCUT2D eigenvalue weighted by Gasteiger charge is -2.30. The number of nitrogens with one attached hydrogen (secondary N) is 1. The van der Waals surface area contributed by atoms with Crippen LogP contribution >= 0.6 is 0 Å². The number of rotatable bonds is 3. The Bertz CT molecular complexity index is 939. The van der Waals surface area contributed by atoms with Gasteiger partial charge >= 0.3 is 18.1 Å². The number of hydrogen-bond donors (Lipinski definition) is 1. The number of hydrogen-bond acceptors (Lipinski definition) is 4. The number of halogens is 5.